The van der Waals surface area contributed by atoms with Crippen LogP contribution in [-0.2, 0) is 20.7 Å². The number of hydrogen-bond acceptors (Lipinski definition) is 7. The molecule has 3 unspecified atom stereocenters. The van der Waals surface area contributed by atoms with Crippen LogP contribution in [0.25, 0.3) is 0 Å². The minimum atomic E-state index is -0.418. The molecule has 3 atom stereocenters. The van der Waals surface area contributed by atoms with Crippen LogP contribution in [0.1, 0.15) is 52.0 Å². The lowest BCUT2D eigenvalue weighted by Gasteiger charge is -2.29. The third kappa shape index (κ3) is 10.1. The minimum absolute atomic E-state index is 0.0923. The van der Waals surface area contributed by atoms with Crippen molar-refractivity contribution in [1.29, 1.82) is 5.41 Å². The van der Waals surface area contributed by atoms with Gasteiger partial charge in [-0.25, -0.2) is 9.38 Å². The zero-order valence-electron chi connectivity index (χ0n) is 29.9. The average molecular weight is 694 g/mol. The molecule has 10 heteroatoms. The van der Waals surface area contributed by atoms with Crippen LogP contribution in [0.4, 0.5) is 15.8 Å². The summed E-state index contributed by atoms with van der Waals surface area (Å²) in [4.78, 5) is 36.2. The van der Waals surface area contributed by atoms with E-state index >= 15 is 0 Å². The number of likely N-dealkylation sites (N-methyl/N-ethyl adjacent to an activating group) is 1. The molecule has 0 spiro atoms. The number of aliphatic imine (C=N–C) groups is 1. The number of amides is 2. The number of nitrogens with one attached hydrogen (secondary N) is 2. The number of hydrogen-bond donors (Lipinski definition) is 2. The fraction of sp³-hybridized carbons (Fsp3) is 0.366. The molecule has 0 aliphatic carbocycles. The van der Waals surface area contributed by atoms with Gasteiger partial charge in [-0.15, -0.1) is 0 Å². The van der Waals surface area contributed by atoms with Gasteiger partial charge in [0.15, 0.2) is 0 Å². The topological polar surface area (TPSA) is 107 Å². The number of halogens is 1. The van der Waals surface area contributed by atoms with Crippen molar-refractivity contribution in [3.8, 4) is 11.5 Å². The van der Waals surface area contributed by atoms with E-state index in [1.54, 1.807) is 35.2 Å². The maximum atomic E-state index is 14.7. The fourth-order valence-corrected chi connectivity index (χ4v) is 6.19. The maximum absolute atomic E-state index is 14.7. The molecule has 2 aliphatic rings. The monoisotopic (exact) mass is 693 g/mol. The van der Waals surface area contributed by atoms with Gasteiger partial charge < -0.3 is 20.2 Å². The molecule has 0 bridgehead atoms. The Bertz CT molecular complexity index is 1780. The van der Waals surface area contributed by atoms with Gasteiger partial charge in [0.2, 0.25) is 11.8 Å². The predicted octanol–water partition coefficient (Wildman–Crippen LogP) is 8.19. The van der Waals surface area contributed by atoms with Crippen LogP contribution in [0.15, 0.2) is 101 Å². The van der Waals surface area contributed by atoms with Gasteiger partial charge in [-0.3, -0.25) is 19.4 Å². The molecule has 2 amide bonds. The first kappa shape index (κ1) is 37.3. The summed E-state index contributed by atoms with van der Waals surface area (Å²) in [6.07, 6.45) is 8.59. The molecule has 2 heterocycles. The standard InChI is InChI=1S/C41H48FN5O4/c1-5-29-23-38(43)28(3)40(44-26-29)47(34-12-8-11-33(25-34)45-39(48)14-9-20-46(4)35-19-21-50-27-35)41(49)31(6-2)22-30-15-17-36(18-16-30)51-37-13-7-10-32(42)24-37/h7-18,24-26,29,31,35,43H,5-6,19-23,27H2,1-4H3,(H,45,48). The highest BCUT2D eigenvalue weighted by atomic mass is 19.1. The summed E-state index contributed by atoms with van der Waals surface area (Å²) in [6, 6.07) is 21.0. The largest absolute Gasteiger partial charge is 0.457 e. The molecule has 0 radical (unpaired) electrons. The summed E-state index contributed by atoms with van der Waals surface area (Å²) in [7, 11) is 2.02. The molecular weight excluding hydrogens is 645 g/mol. The summed E-state index contributed by atoms with van der Waals surface area (Å²) in [5.74, 6) is 0.253. The van der Waals surface area contributed by atoms with E-state index < -0.39 is 5.92 Å². The molecule has 0 aromatic heterocycles. The van der Waals surface area contributed by atoms with Crippen molar-refractivity contribution in [2.24, 2.45) is 16.8 Å². The summed E-state index contributed by atoms with van der Waals surface area (Å²) in [5.41, 5.74) is 3.11. The van der Waals surface area contributed by atoms with E-state index in [0.29, 0.717) is 78.4 Å². The number of carbonyl (C=O) groups excluding carboxylic acids is 2. The Morgan fingerprint density at radius 3 is 2.59 bits per heavy atom. The van der Waals surface area contributed by atoms with Crippen LogP contribution in [0, 0.1) is 23.1 Å². The highest BCUT2D eigenvalue weighted by molar-refractivity contribution is 6.06. The average Bonchev–Trinajstić information content (AvgIpc) is 3.63. The molecule has 1 saturated heterocycles. The van der Waals surface area contributed by atoms with Gasteiger partial charge >= 0.3 is 0 Å². The fourth-order valence-electron chi connectivity index (χ4n) is 6.19. The quantitative estimate of drug-likeness (QED) is 0.166. The summed E-state index contributed by atoms with van der Waals surface area (Å²) in [5, 5.41) is 11.8. The van der Waals surface area contributed by atoms with Crippen molar-refractivity contribution in [3.05, 3.63) is 108 Å². The number of rotatable bonds is 14. The normalized spacial score (nSPS) is 18.3. The zero-order chi connectivity index (χ0) is 36.3. The van der Waals surface area contributed by atoms with Gasteiger partial charge in [0.1, 0.15) is 23.1 Å². The molecule has 1 fully saturated rings. The molecule has 9 nitrogen and oxygen atoms in total. The Balaban J connectivity index is 1.38. The Morgan fingerprint density at radius 2 is 1.88 bits per heavy atom. The molecule has 0 saturated carbocycles. The van der Waals surface area contributed by atoms with E-state index in [-0.39, 0.29) is 23.5 Å². The van der Waals surface area contributed by atoms with E-state index in [9.17, 15) is 14.0 Å². The van der Waals surface area contributed by atoms with Crippen LogP contribution in [0.3, 0.4) is 0 Å². The summed E-state index contributed by atoms with van der Waals surface area (Å²) >= 11 is 0. The van der Waals surface area contributed by atoms with E-state index in [2.05, 4.69) is 17.1 Å². The lowest BCUT2D eigenvalue weighted by molar-refractivity contribution is -0.122. The van der Waals surface area contributed by atoms with Crippen molar-refractivity contribution < 1.29 is 23.5 Å². The molecule has 3 aromatic rings. The molecule has 2 aliphatic heterocycles. The predicted molar refractivity (Wildman–Crippen MR) is 201 cm³/mol. The second-order valence-corrected chi connectivity index (χ2v) is 13.2. The van der Waals surface area contributed by atoms with E-state index in [1.807, 2.05) is 63.5 Å². The van der Waals surface area contributed by atoms with E-state index in [1.165, 1.54) is 18.2 Å². The van der Waals surface area contributed by atoms with Crippen LogP contribution in [-0.4, -0.2) is 61.5 Å². The van der Waals surface area contributed by atoms with Crippen LogP contribution in [0.2, 0.25) is 0 Å². The Labute approximate surface area is 300 Å². The lowest BCUT2D eigenvalue weighted by Crippen LogP contribution is -2.37. The number of allylic oxidation sites excluding steroid dienone is 1. The number of anilines is 2. The Hall–Kier alpha value is -4.93. The van der Waals surface area contributed by atoms with Crippen LogP contribution >= 0.6 is 0 Å². The smallest absolute Gasteiger partial charge is 0.248 e. The lowest BCUT2D eigenvalue weighted by atomic mass is 9.94. The second kappa shape index (κ2) is 17.8. The summed E-state index contributed by atoms with van der Waals surface area (Å²) in [6.45, 7) is 7.98. The first-order valence-electron chi connectivity index (χ1n) is 17.7. The Morgan fingerprint density at radius 1 is 1.10 bits per heavy atom. The SMILES string of the molecule is CCC1C=NC(N(C(=O)C(CC)Cc2ccc(Oc3cccc(F)c3)cc2)c2cccc(NC(=O)C=CCN(C)C3CCOC3)c2)=C(C)C(=N)C1. The zero-order valence-corrected chi connectivity index (χ0v) is 29.9. The first-order valence-corrected chi connectivity index (χ1v) is 17.7. The van der Waals surface area contributed by atoms with Crippen molar-refractivity contribution in [2.45, 2.75) is 58.9 Å². The van der Waals surface area contributed by atoms with Crippen molar-refractivity contribution >= 4 is 35.1 Å². The van der Waals surface area contributed by atoms with Crippen LogP contribution < -0.4 is 15.0 Å². The summed E-state index contributed by atoms with van der Waals surface area (Å²) < 4.78 is 24.9. The number of carbonyl (C=O) groups is 2. The van der Waals surface area contributed by atoms with Crippen molar-refractivity contribution in [1.82, 2.24) is 4.90 Å². The van der Waals surface area contributed by atoms with Gasteiger partial charge in [0.25, 0.3) is 0 Å². The number of benzene rings is 3. The molecular formula is C41H48FN5O4. The first-order chi connectivity index (χ1) is 24.6. The second-order valence-electron chi connectivity index (χ2n) is 13.2. The third-order valence-electron chi connectivity index (χ3n) is 9.46. The van der Waals surface area contributed by atoms with Gasteiger partial charge in [-0.2, -0.15) is 0 Å². The van der Waals surface area contributed by atoms with Gasteiger partial charge in [-0.05, 0) is 100 Å². The molecule has 5 rings (SSSR count). The highest BCUT2D eigenvalue weighted by Crippen LogP contribution is 2.32. The maximum Gasteiger partial charge on any atom is 0.248 e. The van der Waals surface area contributed by atoms with Crippen molar-refractivity contribution in [3.63, 3.8) is 0 Å². The minimum Gasteiger partial charge on any atom is -0.457 e. The third-order valence-corrected chi connectivity index (χ3v) is 9.46. The van der Waals surface area contributed by atoms with Crippen LogP contribution in [0.5, 0.6) is 11.5 Å². The number of ether oxygens (including phenoxy) is 2. The van der Waals surface area contributed by atoms with Gasteiger partial charge in [0, 0.05) is 60.4 Å². The number of nitrogens with zero attached hydrogens (tertiary/aromatic N) is 3. The molecule has 3 aromatic carbocycles. The molecule has 51 heavy (non-hydrogen) atoms. The Kier molecular flexibility index (Phi) is 13.0. The highest BCUT2D eigenvalue weighted by Gasteiger charge is 2.31. The van der Waals surface area contributed by atoms with E-state index in [4.69, 9.17) is 19.9 Å². The van der Waals surface area contributed by atoms with E-state index in [0.717, 1.165) is 25.0 Å². The molecule has 2 N–H and O–H groups in total. The van der Waals surface area contributed by atoms with Gasteiger partial charge in [0.05, 0.1) is 12.3 Å². The van der Waals surface area contributed by atoms with Gasteiger partial charge in [-0.1, -0.05) is 44.2 Å². The van der Waals surface area contributed by atoms with Crippen molar-refractivity contribution in [2.75, 3.05) is 37.0 Å². The molecule has 268 valence electrons.